The second-order valence-electron chi connectivity index (χ2n) is 9.08. The number of nitrogens with zero attached hydrogens (tertiary/aromatic N) is 3. The number of para-hydroxylation sites is 1. The molecular weight excluding hydrogens is 458 g/mol. The first-order chi connectivity index (χ1) is 17.4. The van der Waals surface area contributed by atoms with E-state index in [1.807, 2.05) is 0 Å². The number of Topliss-reactive ketones (excluding diaryl/α,β-unsaturated/α-hetero) is 1. The van der Waals surface area contributed by atoms with Crippen LogP contribution >= 0.6 is 0 Å². The monoisotopic (exact) mass is 493 g/mol. The van der Waals surface area contributed by atoms with E-state index in [2.05, 4.69) is 18.7 Å². The smallest absolute Gasteiger partial charge is 0.295 e. The number of likely N-dealkylation sites (tertiary alicyclic amines) is 1. The first kappa shape index (κ1) is 27.1. The van der Waals surface area contributed by atoms with Gasteiger partial charge in [-0.15, -0.1) is 0 Å². The molecule has 2 aromatic carbocycles. The third-order valence-electron chi connectivity index (χ3n) is 6.54. The molecule has 0 saturated carbocycles. The molecule has 0 bridgehead atoms. The van der Waals surface area contributed by atoms with Gasteiger partial charge in [-0.3, -0.25) is 19.7 Å². The van der Waals surface area contributed by atoms with Crippen molar-refractivity contribution in [3.05, 3.63) is 81.4 Å². The number of hydrogen-bond donors (Lipinski definition) is 1. The molecule has 0 radical (unpaired) electrons. The minimum Gasteiger partial charge on any atom is -0.507 e. The highest BCUT2D eigenvalue weighted by atomic mass is 16.6. The van der Waals surface area contributed by atoms with E-state index in [-0.39, 0.29) is 29.1 Å². The van der Waals surface area contributed by atoms with Crippen molar-refractivity contribution >= 4 is 23.1 Å². The van der Waals surface area contributed by atoms with Crippen molar-refractivity contribution in [1.29, 1.82) is 0 Å². The molecule has 192 valence electrons. The maximum absolute atomic E-state index is 13.2. The van der Waals surface area contributed by atoms with E-state index in [0.29, 0.717) is 12.0 Å². The van der Waals surface area contributed by atoms with Crippen LogP contribution in [0.4, 0.5) is 5.69 Å². The second kappa shape index (κ2) is 13.0. The molecular formula is C28H35N3O5. The van der Waals surface area contributed by atoms with Crippen molar-refractivity contribution in [3.63, 3.8) is 0 Å². The van der Waals surface area contributed by atoms with Gasteiger partial charge in [0.05, 0.1) is 22.1 Å². The number of aliphatic hydroxyl groups is 1. The molecule has 1 fully saturated rings. The molecule has 8 heteroatoms. The summed E-state index contributed by atoms with van der Waals surface area (Å²) in [6.45, 7) is 7.24. The van der Waals surface area contributed by atoms with E-state index in [1.165, 1.54) is 11.0 Å². The van der Waals surface area contributed by atoms with Crippen LogP contribution in [0.2, 0.25) is 0 Å². The van der Waals surface area contributed by atoms with Crippen molar-refractivity contribution in [2.45, 2.75) is 52.0 Å². The summed E-state index contributed by atoms with van der Waals surface area (Å²) < 4.78 is 0. The zero-order valence-electron chi connectivity index (χ0n) is 21.1. The van der Waals surface area contributed by atoms with E-state index in [0.717, 1.165) is 45.3 Å². The summed E-state index contributed by atoms with van der Waals surface area (Å²) in [7, 11) is 0. The van der Waals surface area contributed by atoms with Gasteiger partial charge >= 0.3 is 0 Å². The number of carbonyl (C=O) groups excluding carboxylic acids is 2. The third kappa shape index (κ3) is 6.18. The molecule has 0 aromatic heterocycles. The highest BCUT2D eigenvalue weighted by Gasteiger charge is 2.47. The van der Waals surface area contributed by atoms with Gasteiger partial charge in [0.2, 0.25) is 0 Å². The lowest BCUT2D eigenvalue weighted by Gasteiger charge is -2.27. The zero-order valence-corrected chi connectivity index (χ0v) is 21.1. The molecule has 1 amide bonds. The lowest BCUT2D eigenvalue weighted by Crippen LogP contribution is -2.34. The number of nitro benzene ring substituents is 1. The van der Waals surface area contributed by atoms with Crippen LogP contribution in [0.25, 0.3) is 5.76 Å². The fraction of sp³-hybridized carbons (Fsp3) is 0.429. The van der Waals surface area contributed by atoms with Crippen LogP contribution in [0.15, 0.2) is 60.2 Å². The number of rotatable bonds is 13. The molecule has 3 rings (SSSR count). The Bertz CT molecular complexity index is 1090. The lowest BCUT2D eigenvalue weighted by atomic mass is 9.94. The number of hydrogen-bond acceptors (Lipinski definition) is 6. The minimum atomic E-state index is -1.04. The summed E-state index contributed by atoms with van der Waals surface area (Å²) in [6.07, 6.45) is 4.97. The molecule has 2 aromatic rings. The van der Waals surface area contributed by atoms with Gasteiger partial charge in [0.25, 0.3) is 17.4 Å². The third-order valence-corrected chi connectivity index (χ3v) is 6.54. The average molecular weight is 494 g/mol. The summed E-state index contributed by atoms with van der Waals surface area (Å²) in [5.41, 5.74) is 0.285. The van der Waals surface area contributed by atoms with Crippen LogP contribution in [0.5, 0.6) is 0 Å². The Hall–Kier alpha value is -3.52. The largest absolute Gasteiger partial charge is 0.507 e. The molecule has 1 atom stereocenters. The van der Waals surface area contributed by atoms with Crippen molar-refractivity contribution < 1.29 is 19.6 Å². The Balaban J connectivity index is 1.98. The summed E-state index contributed by atoms with van der Waals surface area (Å²) in [4.78, 5) is 41.4. The number of ketones is 1. The van der Waals surface area contributed by atoms with Crippen LogP contribution in [0.1, 0.15) is 63.1 Å². The normalized spacial score (nSPS) is 17.2. The second-order valence-corrected chi connectivity index (χ2v) is 9.08. The fourth-order valence-corrected chi connectivity index (χ4v) is 4.63. The maximum atomic E-state index is 13.2. The summed E-state index contributed by atoms with van der Waals surface area (Å²) in [6, 6.07) is 13.5. The molecule has 0 aliphatic carbocycles. The van der Waals surface area contributed by atoms with E-state index in [4.69, 9.17) is 0 Å². The SMILES string of the molecule is CCCCN(CCCC)CCCN1C(=O)C(=O)C(=C(O)c2ccccc2)[C@@H]1c1ccccc1[N+](=O)[O-]. The predicted molar refractivity (Wildman–Crippen MR) is 139 cm³/mol. The van der Waals surface area contributed by atoms with E-state index in [9.17, 15) is 24.8 Å². The van der Waals surface area contributed by atoms with Gasteiger partial charge < -0.3 is 14.9 Å². The Kier molecular flexibility index (Phi) is 9.76. The molecule has 1 aliphatic rings. The van der Waals surface area contributed by atoms with Crippen molar-refractivity contribution in [2.75, 3.05) is 26.2 Å². The van der Waals surface area contributed by atoms with E-state index >= 15 is 0 Å². The Morgan fingerprint density at radius 1 is 0.944 bits per heavy atom. The number of nitro groups is 1. The molecule has 0 spiro atoms. The topological polar surface area (TPSA) is 104 Å². The Labute approximate surface area is 212 Å². The molecule has 36 heavy (non-hydrogen) atoms. The predicted octanol–water partition coefficient (Wildman–Crippen LogP) is 5.31. The summed E-state index contributed by atoms with van der Waals surface area (Å²) >= 11 is 0. The Morgan fingerprint density at radius 3 is 2.14 bits per heavy atom. The number of aliphatic hydroxyl groups excluding tert-OH is 1. The van der Waals surface area contributed by atoms with Crippen LogP contribution in [-0.4, -0.2) is 57.7 Å². The van der Waals surface area contributed by atoms with Gasteiger partial charge in [0.15, 0.2) is 0 Å². The molecule has 0 unspecified atom stereocenters. The van der Waals surface area contributed by atoms with Gasteiger partial charge in [-0.2, -0.15) is 0 Å². The van der Waals surface area contributed by atoms with Crippen LogP contribution in [0.3, 0.4) is 0 Å². The van der Waals surface area contributed by atoms with E-state index < -0.39 is 22.7 Å². The molecule has 1 aliphatic heterocycles. The van der Waals surface area contributed by atoms with Gasteiger partial charge in [0.1, 0.15) is 5.76 Å². The highest BCUT2D eigenvalue weighted by Crippen LogP contribution is 2.42. The van der Waals surface area contributed by atoms with Crippen molar-refractivity contribution in [3.8, 4) is 0 Å². The number of unbranched alkanes of at least 4 members (excludes halogenated alkanes) is 2. The van der Waals surface area contributed by atoms with Gasteiger partial charge in [0, 0.05) is 18.2 Å². The fourth-order valence-electron chi connectivity index (χ4n) is 4.63. The highest BCUT2D eigenvalue weighted by molar-refractivity contribution is 6.46. The Morgan fingerprint density at radius 2 is 1.53 bits per heavy atom. The van der Waals surface area contributed by atoms with Crippen LogP contribution in [-0.2, 0) is 9.59 Å². The summed E-state index contributed by atoms with van der Waals surface area (Å²) in [5, 5.41) is 22.9. The van der Waals surface area contributed by atoms with Crippen molar-refractivity contribution in [2.24, 2.45) is 0 Å². The van der Waals surface area contributed by atoms with Crippen molar-refractivity contribution in [1.82, 2.24) is 9.80 Å². The number of amides is 1. The lowest BCUT2D eigenvalue weighted by molar-refractivity contribution is -0.385. The van der Waals surface area contributed by atoms with Gasteiger partial charge in [-0.25, -0.2) is 0 Å². The van der Waals surface area contributed by atoms with Gasteiger partial charge in [-0.05, 0) is 45.0 Å². The zero-order chi connectivity index (χ0) is 26.1. The maximum Gasteiger partial charge on any atom is 0.295 e. The van der Waals surface area contributed by atoms with Crippen LogP contribution in [0, 0.1) is 10.1 Å². The number of carbonyl (C=O) groups is 2. The minimum absolute atomic E-state index is 0.116. The average Bonchev–Trinajstić information content (AvgIpc) is 3.14. The van der Waals surface area contributed by atoms with Gasteiger partial charge in [-0.1, -0.05) is 69.2 Å². The standard InChI is InChI=1S/C28H35N3O5/c1-3-5-17-29(18-6-4-2)19-12-20-30-25(22-15-10-11-16-23(22)31(35)36)24(27(33)28(30)34)26(32)21-13-8-7-9-14-21/h7-11,13-16,25,32H,3-6,12,17-20H2,1-2H3/t25-/m0/s1. The first-order valence-electron chi connectivity index (χ1n) is 12.7. The molecule has 1 saturated heterocycles. The molecule has 1 heterocycles. The van der Waals surface area contributed by atoms with E-state index in [1.54, 1.807) is 48.5 Å². The quantitative estimate of drug-likeness (QED) is 0.133. The molecule has 1 N–H and O–H groups in total. The first-order valence-corrected chi connectivity index (χ1v) is 12.7. The summed E-state index contributed by atoms with van der Waals surface area (Å²) in [5.74, 6) is -1.90. The number of benzene rings is 2. The molecule has 8 nitrogen and oxygen atoms in total. The van der Waals surface area contributed by atoms with Crippen LogP contribution < -0.4 is 0 Å².